The molecule has 0 aliphatic carbocycles. The molecule has 0 saturated carbocycles. The van der Waals surface area contributed by atoms with E-state index in [9.17, 15) is 4.39 Å². The molecule has 0 bridgehead atoms. The average Bonchev–Trinajstić information content (AvgIpc) is 2.30. The third kappa shape index (κ3) is 2.00. The number of benzene rings is 1. The zero-order chi connectivity index (χ0) is 12.5. The van der Waals surface area contributed by atoms with Crippen molar-refractivity contribution in [1.29, 1.82) is 5.26 Å². The predicted molar refractivity (Wildman–Crippen MR) is 66.3 cm³/mol. The molecule has 0 N–H and O–H groups in total. The Morgan fingerprint density at radius 1 is 1.35 bits per heavy atom. The minimum atomic E-state index is -0.344. The molecule has 0 aromatic heterocycles. The van der Waals surface area contributed by atoms with E-state index in [0.717, 1.165) is 31.6 Å². The fourth-order valence-electron chi connectivity index (χ4n) is 2.50. The molecule has 0 amide bonds. The van der Waals surface area contributed by atoms with Crippen molar-refractivity contribution < 1.29 is 4.39 Å². The minimum Gasteiger partial charge on any atom is -0.369 e. The molecule has 1 aliphatic heterocycles. The van der Waals surface area contributed by atoms with Gasteiger partial charge in [0.15, 0.2) is 0 Å². The standard InChI is InChI=1S/C14H17FN2/c1-3-14(4-2)9-17(10-14)13-6-5-12(15)7-11(13)8-16/h5-7H,3-4,9-10H2,1-2H3. The van der Waals surface area contributed by atoms with E-state index in [0.29, 0.717) is 11.0 Å². The molecule has 0 unspecified atom stereocenters. The minimum absolute atomic E-state index is 0.344. The molecule has 0 radical (unpaired) electrons. The summed E-state index contributed by atoms with van der Waals surface area (Å²) in [6.07, 6.45) is 2.31. The Morgan fingerprint density at radius 2 is 2.00 bits per heavy atom. The van der Waals surface area contributed by atoms with Gasteiger partial charge in [-0.3, -0.25) is 0 Å². The molecule has 3 heteroatoms. The molecule has 0 atom stereocenters. The summed E-state index contributed by atoms with van der Waals surface area (Å²) in [7, 11) is 0. The number of nitriles is 1. The first-order valence-electron chi connectivity index (χ1n) is 6.09. The first kappa shape index (κ1) is 11.9. The monoisotopic (exact) mass is 232 g/mol. The summed E-state index contributed by atoms with van der Waals surface area (Å²) in [5, 5.41) is 9.01. The Bertz CT molecular complexity index is 450. The molecule has 90 valence electrons. The van der Waals surface area contributed by atoms with Crippen LogP contribution in [0.5, 0.6) is 0 Å². The Kier molecular flexibility index (Phi) is 3.06. The number of halogens is 1. The topological polar surface area (TPSA) is 27.0 Å². The van der Waals surface area contributed by atoms with Gasteiger partial charge < -0.3 is 4.90 Å². The molecule has 1 fully saturated rings. The van der Waals surface area contributed by atoms with Crippen LogP contribution in [0.2, 0.25) is 0 Å². The third-order valence-corrected chi connectivity index (χ3v) is 3.97. The van der Waals surface area contributed by atoms with Crippen LogP contribution in [0.25, 0.3) is 0 Å². The maximum absolute atomic E-state index is 13.0. The van der Waals surface area contributed by atoms with E-state index in [-0.39, 0.29) is 5.82 Å². The summed E-state index contributed by atoms with van der Waals surface area (Å²) < 4.78 is 13.0. The molecule has 0 spiro atoms. The van der Waals surface area contributed by atoms with Crippen LogP contribution in [0.15, 0.2) is 18.2 Å². The van der Waals surface area contributed by atoms with Crippen LogP contribution >= 0.6 is 0 Å². The Balaban J connectivity index is 2.19. The Morgan fingerprint density at radius 3 is 2.53 bits per heavy atom. The highest BCUT2D eigenvalue weighted by atomic mass is 19.1. The zero-order valence-corrected chi connectivity index (χ0v) is 10.3. The maximum atomic E-state index is 13.0. The van der Waals surface area contributed by atoms with E-state index in [2.05, 4.69) is 24.8 Å². The fourth-order valence-corrected chi connectivity index (χ4v) is 2.50. The second-order valence-electron chi connectivity index (χ2n) is 4.84. The van der Waals surface area contributed by atoms with Gasteiger partial charge in [-0.1, -0.05) is 13.8 Å². The lowest BCUT2D eigenvalue weighted by molar-refractivity contribution is 0.194. The van der Waals surface area contributed by atoms with Crippen LogP contribution < -0.4 is 4.90 Å². The molecule has 1 saturated heterocycles. The maximum Gasteiger partial charge on any atom is 0.124 e. The predicted octanol–water partition coefficient (Wildman–Crippen LogP) is 3.32. The van der Waals surface area contributed by atoms with E-state index >= 15 is 0 Å². The van der Waals surface area contributed by atoms with Gasteiger partial charge in [0, 0.05) is 18.5 Å². The quantitative estimate of drug-likeness (QED) is 0.799. The van der Waals surface area contributed by atoms with Gasteiger partial charge in [0.25, 0.3) is 0 Å². The largest absolute Gasteiger partial charge is 0.369 e. The van der Waals surface area contributed by atoms with Gasteiger partial charge in [-0.25, -0.2) is 4.39 Å². The lowest BCUT2D eigenvalue weighted by Crippen LogP contribution is -2.56. The number of anilines is 1. The Hall–Kier alpha value is -1.56. The normalized spacial score (nSPS) is 17.4. The molecular formula is C14H17FN2. The molecule has 1 heterocycles. The zero-order valence-electron chi connectivity index (χ0n) is 10.3. The smallest absolute Gasteiger partial charge is 0.124 e. The molecule has 1 aromatic rings. The van der Waals surface area contributed by atoms with Gasteiger partial charge in [-0.2, -0.15) is 5.26 Å². The lowest BCUT2D eigenvalue weighted by Gasteiger charge is -2.51. The molecule has 1 aliphatic rings. The molecule has 2 rings (SSSR count). The van der Waals surface area contributed by atoms with Crippen molar-refractivity contribution in [3.8, 4) is 6.07 Å². The lowest BCUT2D eigenvalue weighted by atomic mass is 9.75. The van der Waals surface area contributed by atoms with Crippen LogP contribution in [-0.4, -0.2) is 13.1 Å². The molecule has 2 nitrogen and oxygen atoms in total. The fraction of sp³-hybridized carbons (Fsp3) is 0.500. The van der Waals surface area contributed by atoms with E-state index in [4.69, 9.17) is 5.26 Å². The highest BCUT2D eigenvalue weighted by Gasteiger charge is 2.40. The van der Waals surface area contributed by atoms with Crippen molar-refractivity contribution in [3.05, 3.63) is 29.6 Å². The van der Waals surface area contributed by atoms with Crippen molar-refractivity contribution in [2.24, 2.45) is 5.41 Å². The number of nitrogens with zero attached hydrogens (tertiary/aromatic N) is 2. The van der Waals surface area contributed by atoms with E-state index in [1.165, 1.54) is 12.1 Å². The van der Waals surface area contributed by atoms with Gasteiger partial charge in [-0.15, -0.1) is 0 Å². The van der Waals surface area contributed by atoms with Crippen molar-refractivity contribution in [2.45, 2.75) is 26.7 Å². The summed E-state index contributed by atoms with van der Waals surface area (Å²) in [4.78, 5) is 2.17. The number of hydrogen-bond acceptors (Lipinski definition) is 2. The van der Waals surface area contributed by atoms with Gasteiger partial charge in [0.05, 0.1) is 11.3 Å². The van der Waals surface area contributed by atoms with Crippen LogP contribution in [0.4, 0.5) is 10.1 Å². The summed E-state index contributed by atoms with van der Waals surface area (Å²) in [6, 6.07) is 6.52. The summed E-state index contributed by atoms with van der Waals surface area (Å²) in [5.74, 6) is -0.344. The molecular weight excluding hydrogens is 215 g/mol. The summed E-state index contributed by atoms with van der Waals surface area (Å²) in [5.41, 5.74) is 1.69. The van der Waals surface area contributed by atoms with Crippen LogP contribution in [0, 0.1) is 22.6 Å². The SMILES string of the molecule is CCC1(CC)CN(c2ccc(F)cc2C#N)C1. The van der Waals surface area contributed by atoms with Gasteiger partial charge in [0.1, 0.15) is 11.9 Å². The van der Waals surface area contributed by atoms with E-state index in [1.807, 2.05) is 0 Å². The Labute approximate surface area is 102 Å². The highest BCUT2D eigenvalue weighted by molar-refractivity contribution is 5.61. The van der Waals surface area contributed by atoms with Gasteiger partial charge >= 0.3 is 0 Å². The average molecular weight is 232 g/mol. The van der Waals surface area contributed by atoms with Crippen molar-refractivity contribution in [2.75, 3.05) is 18.0 Å². The first-order chi connectivity index (χ1) is 8.14. The van der Waals surface area contributed by atoms with Crippen LogP contribution in [0.3, 0.4) is 0 Å². The van der Waals surface area contributed by atoms with Crippen LogP contribution in [-0.2, 0) is 0 Å². The van der Waals surface area contributed by atoms with Crippen LogP contribution in [0.1, 0.15) is 32.3 Å². The molecule has 17 heavy (non-hydrogen) atoms. The van der Waals surface area contributed by atoms with E-state index < -0.39 is 0 Å². The first-order valence-corrected chi connectivity index (χ1v) is 6.09. The second-order valence-corrected chi connectivity index (χ2v) is 4.84. The van der Waals surface area contributed by atoms with Crippen molar-refractivity contribution in [1.82, 2.24) is 0 Å². The number of rotatable bonds is 3. The van der Waals surface area contributed by atoms with Gasteiger partial charge in [-0.05, 0) is 31.0 Å². The second kappa shape index (κ2) is 4.37. The summed E-state index contributed by atoms with van der Waals surface area (Å²) >= 11 is 0. The van der Waals surface area contributed by atoms with E-state index in [1.54, 1.807) is 6.07 Å². The molecule has 1 aromatic carbocycles. The van der Waals surface area contributed by atoms with Crippen molar-refractivity contribution in [3.63, 3.8) is 0 Å². The highest BCUT2D eigenvalue weighted by Crippen LogP contribution is 2.40. The van der Waals surface area contributed by atoms with Gasteiger partial charge in [0.2, 0.25) is 0 Å². The summed E-state index contributed by atoms with van der Waals surface area (Å²) in [6.45, 7) is 6.36. The third-order valence-electron chi connectivity index (χ3n) is 3.97. The van der Waals surface area contributed by atoms with Crippen molar-refractivity contribution >= 4 is 5.69 Å². The number of hydrogen-bond donors (Lipinski definition) is 0.